The van der Waals surface area contributed by atoms with Gasteiger partial charge in [-0.1, -0.05) is 13.8 Å². The average Bonchev–Trinajstić information content (AvgIpc) is 2.48. The fourth-order valence-electron chi connectivity index (χ4n) is 1.30. The standard InChI is InChI=1S/C9H14N2O4/c1-4(2)7-5(8(12)11-15-7)3-6(10)9(13)14/h4,6H,3,10H2,1-2H3,(H,11,12)(H,13,14)/t6-/m0/s1. The lowest BCUT2D eigenvalue weighted by Gasteiger charge is -2.06. The Morgan fingerprint density at radius 3 is 2.67 bits per heavy atom. The summed E-state index contributed by atoms with van der Waals surface area (Å²) in [5.41, 5.74) is 5.26. The Labute approximate surface area is 86.0 Å². The summed E-state index contributed by atoms with van der Waals surface area (Å²) in [7, 11) is 0. The van der Waals surface area contributed by atoms with E-state index in [4.69, 9.17) is 15.4 Å². The predicted octanol–water partition coefficient (Wildman–Crippen LogP) is 0.0457. The van der Waals surface area contributed by atoms with Gasteiger partial charge in [0.05, 0.1) is 5.56 Å². The molecule has 0 saturated carbocycles. The maximum absolute atomic E-state index is 11.3. The number of aliphatic carboxylic acids is 1. The molecule has 0 saturated heterocycles. The second-order valence-electron chi connectivity index (χ2n) is 3.68. The van der Waals surface area contributed by atoms with Gasteiger partial charge in [0.1, 0.15) is 11.8 Å². The van der Waals surface area contributed by atoms with Crippen molar-refractivity contribution in [2.75, 3.05) is 0 Å². The second-order valence-corrected chi connectivity index (χ2v) is 3.68. The van der Waals surface area contributed by atoms with Gasteiger partial charge >= 0.3 is 5.97 Å². The summed E-state index contributed by atoms with van der Waals surface area (Å²) in [5, 5.41) is 10.8. The summed E-state index contributed by atoms with van der Waals surface area (Å²) in [6, 6.07) is -1.08. The van der Waals surface area contributed by atoms with Crippen LogP contribution in [0.1, 0.15) is 31.1 Å². The molecule has 0 aliphatic carbocycles. The molecule has 0 bridgehead atoms. The molecular weight excluding hydrogens is 200 g/mol. The largest absolute Gasteiger partial charge is 0.480 e. The van der Waals surface area contributed by atoms with Crippen LogP contribution in [0.25, 0.3) is 0 Å². The number of hydrogen-bond acceptors (Lipinski definition) is 4. The highest BCUT2D eigenvalue weighted by Crippen LogP contribution is 2.16. The Balaban J connectivity index is 2.98. The highest BCUT2D eigenvalue weighted by molar-refractivity contribution is 5.73. The fraction of sp³-hybridized carbons (Fsp3) is 0.556. The van der Waals surface area contributed by atoms with Crippen LogP contribution in [0.3, 0.4) is 0 Å². The summed E-state index contributed by atoms with van der Waals surface area (Å²) < 4.78 is 4.95. The first kappa shape index (κ1) is 11.5. The number of carboxylic acids is 1. The molecule has 6 nitrogen and oxygen atoms in total. The zero-order chi connectivity index (χ0) is 11.6. The van der Waals surface area contributed by atoms with Gasteiger partial charge in [0.25, 0.3) is 5.56 Å². The number of aromatic nitrogens is 1. The van der Waals surface area contributed by atoms with Crippen molar-refractivity contribution >= 4 is 5.97 Å². The van der Waals surface area contributed by atoms with Gasteiger partial charge < -0.3 is 15.4 Å². The maximum Gasteiger partial charge on any atom is 0.320 e. The topological polar surface area (TPSA) is 109 Å². The molecule has 0 aliphatic heterocycles. The van der Waals surface area contributed by atoms with Crippen molar-refractivity contribution in [3.63, 3.8) is 0 Å². The first-order valence-electron chi connectivity index (χ1n) is 4.62. The Morgan fingerprint density at radius 1 is 1.60 bits per heavy atom. The van der Waals surface area contributed by atoms with E-state index in [1.54, 1.807) is 0 Å². The zero-order valence-electron chi connectivity index (χ0n) is 8.61. The molecule has 0 amide bonds. The smallest absolute Gasteiger partial charge is 0.320 e. The van der Waals surface area contributed by atoms with Crippen LogP contribution in [-0.2, 0) is 11.2 Å². The fourth-order valence-corrected chi connectivity index (χ4v) is 1.30. The number of rotatable bonds is 4. The summed E-state index contributed by atoms with van der Waals surface area (Å²) in [5.74, 6) is -0.651. The average molecular weight is 214 g/mol. The minimum atomic E-state index is -1.13. The van der Waals surface area contributed by atoms with E-state index in [0.29, 0.717) is 11.3 Å². The van der Waals surface area contributed by atoms with Crippen LogP contribution in [-0.4, -0.2) is 22.3 Å². The molecule has 0 fully saturated rings. The second kappa shape index (κ2) is 4.31. The lowest BCUT2D eigenvalue weighted by atomic mass is 10.0. The third-order valence-electron chi connectivity index (χ3n) is 2.09. The number of nitrogens with one attached hydrogen (secondary N) is 1. The molecule has 0 radical (unpaired) electrons. The van der Waals surface area contributed by atoms with Gasteiger partial charge in [-0.2, -0.15) is 5.16 Å². The minimum Gasteiger partial charge on any atom is -0.480 e. The van der Waals surface area contributed by atoms with Crippen molar-refractivity contribution in [2.45, 2.75) is 32.2 Å². The Kier molecular flexibility index (Phi) is 3.31. The minimum absolute atomic E-state index is 0.0138. The van der Waals surface area contributed by atoms with E-state index in [9.17, 15) is 9.59 Å². The first-order valence-corrected chi connectivity index (χ1v) is 4.62. The molecule has 1 atom stereocenters. The third kappa shape index (κ3) is 2.47. The summed E-state index contributed by atoms with van der Waals surface area (Å²) in [6.45, 7) is 3.70. The molecule has 1 aromatic heterocycles. The summed E-state index contributed by atoms with van der Waals surface area (Å²) in [6.07, 6.45) is -0.0192. The SMILES string of the molecule is CC(C)c1o[nH]c(=O)c1C[C@H](N)C(=O)O. The molecule has 0 aliphatic rings. The van der Waals surface area contributed by atoms with E-state index in [-0.39, 0.29) is 12.3 Å². The third-order valence-corrected chi connectivity index (χ3v) is 2.09. The molecule has 1 rings (SSSR count). The molecule has 0 unspecified atom stereocenters. The number of H-pyrrole nitrogens is 1. The quantitative estimate of drug-likeness (QED) is 0.655. The van der Waals surface area contributed by atoms with Crippen LogP contribution in [0, 0.1) is 0 Å². The van der Waals surface area contributed by atoms with Crippen molar-refractivity contribution in [1.82, 2.24) is 5.16 Å². The van der Waals surface area contributed by atoms with Gasteiger partial charge in [-0.25, -0.2) is 0 Å². The van der Waals surface area contributed by atoms with Crippen molar-refractivity contribution in [2.24, 2.45) is 5.73 Å². The van der Waals surface area contributed by atoms with Crippen molar-refractivity contribution < 1.29 is 14.4 Å². The lowest BCUT2D eigenvalue weighted by Crippen LogP contribution is -2.34. The number of carbonyl (C=O) groups is 1. The van der Waals surface area contributed by atoms with Crippen LogP contribution in [0.5, 0.6) is 0 Å². The van der Waals surface area contributed by atoms with Crippen molar-refractivity contribution in [3.8, 4) is 0 Å². The van der Waals surface area contributed by atoms with Gasteiger partial charge in [-0.05, 0) is 0 Å². The molecule has 15 heavy (non-hydrogen) atoms. The monoisotopic (exact) mass is 214 g/mol. The molecule has 0 spiro atoms. The van der Waals surface area contributed by atoms with Gasteiger partial charge in [0.2, 0.25) is 0 Å². The van der Waals surface area contributed by atoms with Crippen LogP contribution < -0.4 is 11.3 Å². The number of hydrogen-bond donors (Lipinski definition) is 3. The van der Waals surface area contributed by atoms with E-state index in [0.717, 1.165) is 0 Å². The van der Waals surface area contributed by atoms with Gasteiger partial charge in [-0.3, -0.25) is 9.59 Å². The van der Waals surface area contributed by atoms with E-state index >= 15 is 0 Å². The number of aromatic amines is 1. The number of carboxylic acid groups (broad SMARTS) is 1. The van der Waals surface area contributed by atoms with E-state index < -0.39 is 17.6 Å². The number of nitrogens with two attached hydrogens (primary N) is 1. The lowest BCUT2D eigenvalue weighted by molar-refractivity contribution is -0.138. The summed E-state index contributed by atoms with van der Waals surface area (Å²) in [4.78, 5) is 21.9. The Bertz CT molecular complexity index is 404. The Morgan fingerprint density at radius 2 is 2.20 bits per heavy atom. The van der Waals surface area contributed by atoms with E-state index in [1.807, 2.05) is 13.8 Å². The van der Waals surface area contributed by atoms with Gasteiger partial charge in [0.15, 0.2) is 0 Å². The molecule has 1 aromatic rings. The maximum atomic E-state index is 11.3. The molecule has 6 heteroatoms. The predicted molar refractivity (Wildman–Crippen MR) is 52.7 cm³/mol. The normalized spacial score (nSPS) is 13.1. The highest BCUT2D eigenvalue weighted by atomic mass is 16.5. The van der Waals surface area contributed by atoms with Crippen LogP contribution >= 0.6 is 0 Å². The van der Waals surface area contributed by atoms with Crippen molar-refractivity contribution in [1.29, 1.82) is 0 Å². The van der Waals surface area contributed by atoms with Crippen LogP contribution in [0.4, 0.5) is 0 Å². The van der Waals surface area contributed by atoms with Crippen LogP contribution in [0.2, 0.25) is 0 Å². The molecule has 1 heterocycles. The zero-order valence-corrected chi connectivity index (χ0v) is 8.61. The molecule has 84 valence electrons. The summed E-state index contributed by atoms with van der Waals surface area (Å²) >= 11 is 0. The van der Waals surface area contributed by atoms with Gasteiger partial charge in [0, 0.05) is 12.3 Å². The first-order chi connectivity index (χ1) is 6.93. The molecule has 0 aromatic carbocycles. The van der Waals surface area contributed by atoms with E-state index in [2.05, 4.69) is 5.16 Å². The highest BCUT2D eigenvalue weighted by Gasteiger charge is 2.21. The molecule has 4 N–H and O–H groups in total. The van der Waals surface area contributed by atoms with Crippen molar-refractivity contribution in [3.05, 3.63) is 21.7 Å². The Hall–Kier alpha value is -1.56. The van der Waals surface area contributed by atoms with Crippen LogP contribution in [0.15, 0.2) is 9.32 Å². The van der Waals surface area contributed by atoms with E-state index in [1.165, 1.54) is 0 Å². The molecular formula is C9H14N2O4. The van der Waals surface area contributed by atoms with Gasteiger partial charge in [-0.15, -0.1) is 0 Å².